The summed E-state index contributed by atoms with van der Waals surface area (Å²) in [4.78, 5) is 18.1. The van der Waals surface area contributed by atoms with Gasteiger partial charge in [-0.1, -0.05) is 6.92 Å². The van der Waals surface area contributed by atoms with Gasteiger partial charge >= 0.3 is 0 Å². The van der Waals surface area contributed by atoms with Gasteiger partial charge in [0.25, 0.3) is 0 Å². The largest absolute Gasteiger partial charge is 0.380 e. The molecule has 1 saturated heterocycles. The van der Waals surface area contributed by atoms with Crippen molar-refractivity contribution in [3.8, 4) is 0 Å². The van der Waals surface area contributed by atoms with Crippen LogP contribution in [-0.2, 0) is 16.1 Å². The van der Waals surface area contributed by atoms with Crippen molar-refractivity contribution in [2.75, 3.05) is 26.3 Å². The highest BCUT2D eigenvalue weighted by atomic mass is 16.5. The highest BCUT2D eigenvalue weighted by Crippen LogP contribution is 2.13. The van der Waals surface area contributed by atoms with E-state index in [1.807, 2.05) is 12.1 Å². The van der Waals surface area contributed by atoms with Crippen molar-refractivity contribution in [2.24, 2.45) is 5.92 Å². The number of aromatic nitrogens is 1. The summed E-state index contributed by atoms with van der Waals surface area (Å²) in [6.45, 7) is 5.87. The first-order valence-electron chi connectivity index (χ1n) is 6.51. The van der Waals surface area contributed by atoms with Crippen molar-refractivity contribution in [2.45, 2.75) is 19.9 Å². The fourth-order valence-corrected chi connectivity index (χ4v) is 2.21. The summed E-state index contributed by atoms with van der Waals surface area (Å²) in [5.74, 6) is 0.384. The van der Waals surface area contributed by atoms with Crippen LogP contribution in [0.4, 0.5) is 0 Å². The van der Waals surface area contributed by atoms with Crippen LogP contribution in [0.5, 0.6) is 0 Å². The zero-order chi connectivity index (χ0) is 12.8. The summed E-state index contributed by atoms with van der Waals surface area (Å²) in [6.07, 6.45) is 4.17. The van der Waals surface area contributed by atoms with Crippen LogP contribution in [0, 0.1) is 5.92 Å². The first-order chi connectivity index (χ1) is 8.79. The number of hydrogen-bond acceptors (Lipinski definition) is 4. The fraction of sp³-hybridized carbons (Fsp3) is 0.571. The number of rotatable bonds is 5. The van der Waals surface area contributed by atoms with Gasteiger partial charge in [0, 0.05) is 31.9 Å². The number of ether oxygens (including phenoxy) is 1. The summed E-state index contributed by atoms with van der Waals surface area (Å²) < 4.78 is 5.39. The number of carbonyl (C=O) groups excluding carboxylic acids is 1. The van der Waals surface area contributed by atoms with Crippen molar-refractivity contribution in [3.63, 3.8) is 0 Å². The summed E-state index contributed by atoms with van der Waals surface area (Å²) >= 11 is 0. The molecular weight excluding hydrogens is 228 g/mol. The van der Waals surface area contributed by atoms with Gasteiger partial charge in [-0.05, 0) is 24.2 Å². The second-order valence-electron chi connectivity index (χ2n) is 4.67. The van der Waals surface area contributed by atoms with E-state index in [0.29, 0.717) is 25.4 Å². The Morgan fingerprint density at radius 3 is 2.89 bits per heavy atom. The van der Waals surface area contributed by atoms with E-state index >= 15 is 0 Å². The Labute approximate surface area is 108 Å². The third-order valence-electron chi connectivity index (χ3n) is 3.35. The molecule has 0 aliphatic carbocycles. The SMILES string of the molecule is CCN(Cc1ccncc1)CC1COCCC1=O. The second kappa shape index (κ2) is 6.61. The molecule has 18 heavy (non-hydrogen) atoms. The van der Waals surface area contributed by atoms with Gasteiger partial charge in [-0.15, -0.1) is 0 Å². The van der Waals surface area contributed by atoms with Crippen molar-refractivity contribution >= 4 is 5.78 Å². The summed E-state index contributed by atoms with van der Waals surface area (Å²) in [5.41, 5.74) is 1.23. The molecule has 0 saturated carbocycles. The van der Waals surface area contributed by atoms with E-state index in [2.05, 4.69) is 16.8 Å². The number of hydrogen-bond donors (Lipinski definition) is 0. The van der Waals surface area contributed by atoms with E-state index in [9.17, 15) is 4.79 Å². The Hall–Kier alpha value is -1.26. The molecule has 0 spiro atoms. The van der Waals surface area contributed by atoms with Gasteiger partial charge in [0.2, 0.25) is 0 Å². The van der Waals surface area contributed by atoms with E-state index in [4.69, 9.17) is 4.74 Å². The molecule has 1 fully saturated rings. The normalized spacial score (nSPS) is 20.3. The minimum atomic E-state index is 0.0422. The summed E-state index contributed by atoms with van der Waals surface area (Å²) in [6, 6.07) is 4.03. The first-order valence-corrected chi connectivity index (χ1v) is 6.51. The van der Waals surface area contributed by atoms with Crippen LogP contribution in [0.25, 0.3) is 0 Å². The molecule has 1 aromatic heterocycles. The van der Waals surface area contributed by atoms with Gasteiger partial charge in [0.15, 0.2) is 0 Å². The van der Waals surface area contributed by atoms with Crippen molar-refractivity contribution < 1.29 is 9.53 Å². The van der Waals surface area contributed by atoms with Crippen molar-refractivity contribution in [3.05, 3.63) is 30.1 Å². The maximum Gasteiger partial charge on any atom is 0.141 e. The fourth-order valence-electron chi connectivity index (χ4n) is 2.21. The third-order valence-corrected chi connectivity index (χ3v) is 3.35. The average Bonchev–Trinajstić information content (AvgIpc) is 2.41. The lowest BCUT2D eigenvalue weighted by Crippen LogP contribution is -2.38. The second-order valence-corrected chi connectivity index (χ2v) is 4.67. The highest BCUT2D eigenvalue weighted by Gasteiger charge is 2.24. The maximum atomic E-state index is 11.8. The Balaban J connectivity index is 1.90. The molecular formula is C14H20N2O2. The zero-order valence-corrected chi connectivity index (χ0v) is 10.8. The topological polar surface area (TPSA) is 42.4 Å². The van der Waals surface area contributed by atoms with Gasteiger partial charge in [-0.3, -0.25) is 14.7 Å². The van der Waals surface area contributed by atoms with Crippen LogP contribution in [0.15, 0.2) is 24.5 Å². The van der Waals surface area contributed by atoms with E-state index in [1.54, 1.807) is 12.4 Å². The lowest BCUT2D eigenvalue weighted by molar-refractivity contribution is -0.131. The molecule has 1 unspecified atom stereocenters. The highest BCUT2D eigenvalue weighted by molar-refractivity contribution is 5.82. The number of pyridine rings is 1. The molecule has 1 aliphatic heterocycles. The molecule has 0 aromatic carbocycles. The van der Waals surface area contributed by atoms with E-state index < -0.39 is 0 Å². The quantitative estimate of drug-likeness (QED) is 0.792. The molecule has 1 aliphatic rings. The average molecular weight is 248 g/mol. The molecule has 4 nitrogen and oxygen atoms in total. The van der Waals surface area contributed by atoms with Gasteiger partial charge in [-0.2, -0.15) is 0 Å². The van der Waals surface area contributed by atoms with Crippen LogP contribution < -0.4 is 0 Å². The molecule has 98 valence electrons. The summed E-state index contributed by atoms with van der Waals surface area (Å²) in [7, 11) is 0. The zero-order valence-electron chi connectivity index (χ0n) is 10.8. The van der Waals surface area contributed by atoms with Gasteiger partial charge in [0.1, 0.15) is 5.78 Å². The standard InChI is InChI=1S/C14H20N2O2/c1-2-16(9-12-3-6-15-7-4-12)10-13-11-18-8-5-14(13)17/h3-4,6-7,13H,2,5,8-11H2,1H3. The molecule has 0 N–H and O–H groups in total. The molecule has 0 radical (unpaired) electrons. The van der Waals surface area contributed by atoms with Crippen molar-refractivity contribution in [1.29, 1.82) is 0 Å². The summed E-state index contributed by atoms with van der Waals surface area (Å²) in [5, 5.41) is 0. The molecule has 2 rings (SSSR count). The van der Waals surface area contributed by atoms with Crippen LogP contribution in [0.1, 0.15) is 18.9 Å². The monoisotopic (exact) mass is 248 g/mol. The molecule has 1 atom stereocenters. The predicted molar refractivity (Wildman–Crippen MR) is 69.1 cm³/mol. The molecule has 1 aromatic rings. The van der Waals surface area contributed by atoms with Crippen LogP contribution in [0.3, 0.4) is 0 Å². The van der Waals surface area contributed by atoms with E-state index in [-0.39, 0.29) is 5.92 Å². The molecule has 2 heterocycles. The maximum absolute atomic E-state index is 11.8. The Morgan fingerprint density at radius 2 is 2.22 bits per heavy atom. The predicted octanol–water partition coefficient (Wildman–Crippen LogP) is 1.51. The van der Waals surface area contributed by atoms with Crippen LogP contribution in [-0.4, -0.2) is 42.0 Å². The third kappa shape index (κ3) is 3.62. The van der Waals surface area contributed by atoms with Gasteiger partial charge in [0.05, 0.1) is 19.1 Å². The van der Waals surface area contributed by atoms with Crippen LogP contribution in [0.2, 0.25) is 0 Å². The van der Waals surface area contributed by atoms with E-state index in [0.717, 1.165) is 19.6 Å². The molecule has 0 bridgehead atoms. The van der Waals surface area contributed by atoms with Gasteiger partial charge in [-0.25, -0.2) is 0 Å². The van der Waals surface area contributed by atoms with Crippen LogP contribution >= 0.6 is 0 Å². The lowest BCUT2D eigenvalue weighted by Gasteiger charge is -2.28. The Morgan fingerprint density at radius 1 is 1.44 bits per heavy atom. The number of nitrogens with zero attached hydrogens (tertiary/aromatic N) is 2. The van der Waals surface area contributed by atoms with Gasteiger partial charge < -0.3 is 4.74 Å². The minimum absolute atomic E-state index is 0.0422. The number of ketones is 1. The lowest BCUT2D eigenvalue weighted by atomic mass is 10.00. The van der Waals surface area contributed by atoms with Crippen molar-refractivity contribution in [1.82, 2.24) is 9.88 Å². The molecule has 0 amide bonds. The number of carbonyl (C=O) groups is 1. The Kier molecular flexibility index (Phi) is 4.84. The first kappa shape index (κ1) is 13.2. The Bertz CT molecular complexity index is 381. The molecule has 4 heteroatoms. The number of Topliss-reactive ketones (excluding diaryl/α,β-unsaturated/α-hetero) is 1. The minimum Gasteiger partial charge on any atom is -0.380 e. The van der Waals surface area contributed by atoms with E-state index in [1.165, 1.54) is 5.56 Å². The smallest absolute Gasteiger partial charge is 0.141 e.